The number of methoxy groups -OCH3 is 1. The Kier molecular flexibility index (Phi) is 4.42. The average molecular weight is 252 g/mol. The Morgan fingerprint density at radius 3 is 2.11 bits per heavy atom. The lowest BCUT2D eigenvalue weighted by Crippen LogP contribution is -2.07. The maximum atomic E-state index is 11.4. The van der Waals surface area contributed by atoms with Gasteiger partial charge in [-0.25, -0.2) is 0 Å². The zero-order valence-electron chi connectivity index (χ0n) is 10.2. The lowest BCUT2D eigenvalue weighted by atomic mass is 10.4. The first-order chi connectivity index (χ1) is 8.43. The van der Waals surface area contributed by atoms with E-state index >= 15 is 0 Å². The van der Waals surface area contributed by atoms with Gasteiger partial charge in [-0.05, 0) is 12.1 Å². The van der Waals surface area contributed by atoms with Crippen molar-refractivity contribution in [1.29, 1.82) is 0 Å². The van der Waals surface area contributed by atoms with E-state index in [-0.39, 0.29) is 22.7 Å². The normalized spacial score (nSPS) is 9.50. The molecule has 0 aliphatic carbocycles. The molecule has 0 amide bonds. The zero-order valence-corrected chi connectivity index (χ0v) is 10.2. The highest BCUT2D eigenvalue weighted by molar-refractivity contribution is 5.74. The molecule has 1 aromatic rings. The number of ether oxygens (including phenoxy) is 3. The fourth-order valence-corrected chi connectivity index (χ4v) is 1.23. The Hall–Kier alpha value is -2.37. The van der Waals surface area contributed by atoms with Gasteiger partial charge >= 0.3 is 11.9 Å². The molecule has 0 saturated carbocycles. The molecule has 0 unspecified atom stereocenters. The van der Waals surface area contributed by atoms with Crippen LogP contribution in [0.1, 0.15) is 13.8 Å². The van der Waals surface area contributed by atoms with E-state index in [4.69, 9.17) is 14.2 Å². The summed E-state index contributed by atoms with van der Waals surface area (Å²) in [6, 6.07) is 3.55. The Morgan fingerprint density at radius 1 is 1.00 bits per heavy atom. The Labute approximate surface area is 103 Å². The fraction of sp³-hybridized carbons (Fsp3) is 0.250. The number of hydrogen-bond acceptors (Lipinski definition) is 6. The van der Waals surface area contributed by atoms with Crippen molar-refractivity contribution in [3.63, 3.8) is 0 Å². The molecule has 0 heterocycles. The van der Waals surface area contributed by atoms with Crippen LogP contribution in [0.5, 0.6) is 17.2 Å². The van der Waals surface area contributed by atoms with Crippen LogP contribution >= 0.6 is 0 Å². The van der Waals surface area contributed by atoms with Crippen molar-refractivity contribution < 1.29 is 23.8 Å². The lowest BCUT2D eigenvalue weighted by molar-refractivity contribution is -0.134. The predicted molar refractivity (Wildman–Crippen MR) is 61.9 cm³/mol. The van der Waals surface area contributed by atoms with E-state index in [0.29, 0.717) is 0 Å². The SMILES string of the molecule is COc1cc(=O)ccc(OC(C)=O)c1OC(C)=O. The number of rotatable bonds is 3. The van der Waals surface area contributed by atoms with E-state index in [2.05, 4.69) is 0 Å². The van der Waals surface area contributed by atoms with Crippen LogP contribution in [0.25, 0.3) is 0 Å². The third kappa shape index (κ3) is 3.58. The van der Waals surface area contributed by atoms with Gasteiger partial charge < -0.3 is 14.2 Å². The Balaban J connectivity index is 3.46. The minimum atomic E-state index is -0.625. The average Bonchev–Trinajstić information content (AvgIpc) is 2.40. The molecule has 0 aromatic heterocycles. The largest absolute Gasteiger partial charge is 0.493 e. The highest BCUT2D eigenvalue weighted by Gasteiger charge is 2.15. The molecule has 1 aromatic carbocycles. The van der Waals surface area contributed by atoms with Crippen molar-refractivity contribution in [2.24, 2.45) is 0 Å². The zero-order chi connectivity index (χ0) is 13.7. The first-order valence-electron chi connectivity index (χ1n) is 5.03. The fourth-order valence-electron chi connectivity index (χ4n) is 1.23. The molecule has 0 spiro atoms. The van der Waals surface area contributed by atoms with Crippen LogP contribution in [0.4, 0.5) is 0 Å². The third-order valence-electron chi connectivity index (χ3n) is 1.84. The van der Waals surface area contributed by atoms with Gasteiger partial charge in [0.2, 0.25) is 5.75 Å². The van der Waals surface area contributed by atoms with Crippen molar-refractivity contribution in [2.45, 2.75) is 13.8 Å². The van der Waals surface area contributed by atoms with Crippen molar-refractivity contribution in [2.75, 3.05) is 7.11 Å². The summed E-state index contributed by atoms with van der Waals surface area (Å²) in [5.74, 6) is -1.39. The summed E-state index contributed by atoms with van der Waals surface area (Å²) in [6.07, 6.45) is 0. The molecule has 0 aliphatic rings. The van der Waals surface area contributed by atoms with Gasteiger partial charge in [0.05, 0.1) is 7.11 Å². The van der Waals surface area contributed by atoms with Gasteiger partial charge in [-0.15, -0.1) is 0 Å². The molecule has 18 heavy (non-hydrogen) atoms. The summed E-state index contributed by atoms with van der Waals surface area (Å²) in [6.45, 7) is 2.37. The van der Waals surface area contributed by atoms with Crippen LogP contribution in [-0.2, 0) is 9.59 Å². The maximum absolute atomic E-state index is 11.4. The van der Waals surface area contributed by atoms with Crippen molar-refractivity contribution in [1.82, 2.24) is 0 Å². The number of hydrogen-bond donors (Lipinski definition) is 0. The van der Waals surface area contributed by atoms with E-state index in [9.17, 15) is 14.4 Å². The Bertz CT molecular complexity index is 535. The number of carbonyl (C=O) groups is 2. The monoisotopic (exact) mass is 252 g/mol. The van der Waals surface area contributed by atoms with Crippen LogP contribution in [0.2, 0.25) is 0 Å². The second-order valence-electron chi connectivity index (χ2n) is 3.33. The molecule has 0 aliphatic heterocycles. The second-order valence-corrected chi connectivity index (χ2v) is 3.33. The molecular formula is C12H12O6. The summed E-state index contributed by atoms with van der Waals surface area (Å²) >= 11 is 0. The molecule has 96 valence electrons. The molecule has 0 bridgehead atoms. The summed E-state index contributed by atoms with van der Waals surface area (Å²) in [5, 5.41) is 0. The molecule has 0 atom stereocenters. The minimum Gasteiger partial charge on any atom is -0.493 e. The van der Waals surface area contributed by atoms with Crippen LogP contribution in [0.15, 0.2) is 23.0 Å². The van der Waals surface area contributed by atoms with Gasteiger partial charge in [-0.1, -0.05) is 0 Å². The molecule has 0 radical (unpaired) electrons. The van der Waals surface area contributed by atoms with E-state index in [1.165, 1.54) is 33.1 Å². The highest BCUT2D eigenvalue weighted by Crippen LogP contribution is 2.35. The summed E-state index contributed by atoms with van der Waals surface area (Å²) < 4.78 is 14.7. The van der Waals surface area contributed by atoms with Crippen LogP contribution < -0.4 is 19.6 Å². The van der Waals surface area contributed by atoms with E-state index in [1.807, 2.05) is 0 Å². The molecule has 6 nitrogen and oxygen atoms in total. The van der Waals surface area contributed by atoms with Gasteiger partial charge in [0.15, 0.2) is 16.9 Å². The molecule has 6 heteroatoms. The number of carbonyl (C=O) groups excluding carboxylic acids is 2. The molecule has 1 rings (SSSR count). The van der Waals surface area contributed by atoms with Gasteiger partial charge in [0.25, 0.3) is 0 Å². The van der Waals surface area contributed by atoms with E-state index in [1.54, 1.807) is 0 Å². The maximum Gasteiger partial charge on any atom is 0.308 e. The van der Waals surface area contributed by atoms with Gasteiger partial charge in [0, 0.05) is 19.9 Å². The van der Waals surface area contributed by atoms with E-state index < -0.39 is 11.9 Å². The smallest absolute Gasteiger partial charge is 0.308 e. The molecule has 0 saturated heterocycles. The van der Waals surface area contributed by atoms with Gasteiger partial charge in [-0.2, -0.15) is 0 Å². The minimum absolute atomic E-state index is 0.0106. The number of esters is 2. The van der Waals surface area contributed by atoms with Crippen LogP contribution in [-0.4, -0.2) is 19.0 Å². The van der Waals surface area contributed by atoms with Crippen LogP contribution in [0.3, 0.4) is 0 Å². The van der Waals surface area contributed by atoms with Crippen molar-refractivity contribution in [3.8, 4) is 17.2 Å². The Morgan fingerprint density at radius 2 is 1.61 bits per heavy atom. The standard InChI is InChI=1S/C12H12O6/c1-7(13)17-10-5-4-9(15)6-11(16-3)12(10)18-8(2)14/h4-6H,1-3H3. The van der Waals surface area contributed by atoms with Gasteiger partial charge in [0.1, 0.15) is 0 Å². The topological polar surface area (TPSA) is 78.9 Å². The molecular weight excluding hydrogens is 240 g/mol. The summed E-state index contributed by atoms with van der Waals surface area (Å²) in [5.41, 5.74) is -0.376. The first-order valence-corrected chi connectivity index (χ1v) is 5.03. The lowest BCUT2D eigenvalue weighted by Gasteiger charge is -2.08. The van der Waals surface area contributed by atoms with E-state index in [0.717, 1.165) is 6.07 Å². The van der Waals surface area contributed by atoms with Crippen molar-refractivity contribution >= 4 is 11.9 Å². The van der Waals surface area contributed by atoms with Crippen molar-refractivity contribution in [3.05, 3.63) is 28.4 Å². The van der Waals surface area contributed by atoms with Crippen LogP contribution in [0, 0.1) is 0 Å². The second kappa shape index (κ2) is 5.81. The first kappa shape index (κ1) is 13.7. The summed E-state index contributed by atoms with van der Waals surface area (Å²) in [4.78, 5) is 33.3. The predicted octanol–water partition coefficient (Wildman–Crippen LogP) is 0.906. The highest BCUT2D eigenvalue weighted by atomic mass is 16.6. The summed E-state index contributed by atoms with van der Waals surface area (Å²) in [7, 11) is 1.30. The third-order valence-corrected chi connectivity index (χ3v) is 1.84. The van der Waals surface area contributed by atoms with Gasteiger partial charge in [-0.3, -0.25) is 14.4 Å². The molecule has 0 N–H and O–H groups in total. The molecule has 0 fully saturated rings. The quantitative estimate of drug-likeness (QED) is 0.744.